The number of likely N-dealkylation sites (N-methyl/N-ethyl adjacent to an activating group) is 1. The molecule has 0 aliphatic rings. The van der Waals surface area contributed by atoms with Crippen molar-refractivity contribution < 1.29 is 14.3 Å². The Hall–Kier alpha value is -2.53. The molecule has 1 N–H and O–H groups in total. The van der Waals surface area contributed by atoms with Crippen molar-refractivity contribution in [2.45, 2.75) is 20.8 Å². The quantitative estimate of drug-likeness (QED) is 0.745. The van der Waals surface area contributed by atoms with E-state index in [0.717, 1.165) is 22.7 Å². The molecule has 0 aliphatic heterocycles. The summed E-state index contributed by atoms with van der Waals surface area (Å²) in [6.45, 7) is 8.15. The summed E-state index contributed by atoms with van der Waals surface area (Å²) in [5.74, 6) is 1.60. The second-order valence-corrected chi connectivity index (χ2v) is 6.29. The fourth-order valence-electron chi connectivity index (χ4n) is 2.52. The second-order valence-electron chi connectivity index (χ2n) is 6.29. The summed E-state index contributed by atoms with van der Waals surface area (Å²) in [5, 5.41) is 2.97. The first-order valence-corrected chi connectivity index (χ1v) is 8.90. The summed E-state index contributed by atoms with van der Waals surface area (Å²) >= 11 is 0. The Morgan fingerprint density at radius 1 is 1.04 bits per heavy atom. The zero-order valence-corrected chi connectivity index (χ0v) is 16.0. The first-order chi connectivity index (χ1) is 12.5. The zero-order chi connectivity index (χ0) is 18.9. The van der Waals surface area contributed by atoms with Crippen molar-refractivity contribution in [2.24, 2.45) is 0 Å². The van der Waals surface area contributed by atoms with Gasteiger partial charge in [-0.1, -0.05) is 12.1 Å². The Morgan fingerprint density at radius 2 is 1.69 bits per heavy atom. The number of nitrogens with zero attached hydrogens (tertiary/aromatic N) is 1. The molecule has 2 aromatic carbocycles. The van der Waals surface area contributed by atoms with Gasteiger partial charge in [-0.25, -0.2) is 0 Å². The molecule has 0 atom stereocenters. The Bertz CT molecular complexity index is 714. The number of hydrogen-bond donors (Lipinski definition) is 1. The van der Waals surface area contributed by atoms with Crippen LogP contribution in [0.15, 0.2) is 42.5 Å². The molecule has 0 spiro atoms. The molecule has 2 rings (SSSR count). The number of amides is 1. The van der Waals surface area contributed by atoms with Crippen LogP contribution in [0.4, 0.5) is 5.69 Å². The van der Waals surface area contributed by atoms with E-state index in [1.807, 2.05) is 75.2 Å². The van der Waals surface area contributed by atoms with Gasteiger partial charge in [0, 0.05) is 12.2 Å². The summed E-state index contributed by atoms with van der Waals surface area (Å²) < 4.78 is 11.1. The van der Waals surface area contributed by atoms with Crippen molar-refractivity contribution in [3.63, 3.8) is 0 Å². The second kappa shape index (κ2) is 9.82. The molecule has 2 aromatic rings. The van der Waals surface area contributed by atoms with Crippen LogP contribution >= 0.6 is 0 Å². The first kappa shape index (κ1) is 19.8. The van der Waals surface area contributed by atoms with Gasteiger partial charge in [-0.2, -0.15) is 0 Å². The van der Waals surface area contributed by atoms with Crippen LogP contribution in [0.5, 0.6) is 11.5 Å². The third-order valence-corrected chi connectivity index (χ3v) is 4.17. The molecule has 0 bridgehead atoms. The lowest BCUT2D eigenvalue weighted by atomic mass is 10.1. The largest absolute Gasteiger partial charge is 0.494 e. The maximum Gasteiger partial charge on any atom is 0.238 e. The van der Waals surface area contributed by atoms with Crippen LogP contribution in [0.25, 0.3) is 0 Å². The number of carbonyl (C=O) groups is 1. The van der Waals surface area contributed by atoms with Gasteiger partial charge >= 0.3 is 0 Å². The molecule has 0 unspecified atom stereocenters. The van der Waals surface area contributed by atoms with Gasteiger partial charge in [-0.15, -0.1) is 0 Å². The third-order valence-electron chi connectivity index (χ3n) is 4.17. The minimum Gasteiger partial charge on any atom is -0.494 e. The molecule has 140 valence electrons. The van der Waals surface area contributed by atoms with Crippen LogP contribution in [0.2, 0.25) is 0 Å². The van der Waals surface area contributed by atoms with E-state index in [4.69, 9.17) is 9.47 Å². The summed E-state index contributed by atoms with van der Waals surface area (Å²) in [7, 11) is 1.91. The Labute approximate surface area is 155 Å². The predicted octanol–water partition coefficient (Wildman–Crippen LogP) is 3.65. The first-order valence-electron chi connectivity index (χ1n) is 8.90. The fourth-order valence-corrected chi connectivity index (χ4v) is 2.52. The molecular formula is C21H28N2O3. The third kappa shape index (κ3) is 6.08. The molecule has 0 heterocycles. The highest BCUT2D eigenvalue weighted by Gasteiger charge is 2.09. The molecular weight excluding hydrogens is 328 g/mol. The lowest BCUT2D eigenvalue weighted by molar-refractivity contribution is -0.117. The number of aryl methyl sites for hydroxylation is 1. The van der Waals surface area contributed by atoms with E-state index in [9.17, 15) is 4.79 Å². The molecule has 26 heavy (non-hydrogen) atoms. The lowest BCUT2D eigenvalue weighted by Crippen LogP contribution is -2.33. The standard InChI is InChI=1S/C21H28N2O3/c1-5-25-18-9-11-19(12-10-18)26-14-13-23(4)15-21(24)22-20-8-6-7-16(2)17(20)3/h6-12H,5,13-15H2,1-4H3,(H,22,24). The monoisotopic (exact) mass is 356 g/mol. The number of hydrogen-bond acceptors (Lipinski definition) is 4. The molecule has 1 amide bonds. The fraction of sp³-hybridized carbons (Fsp3) is 0.381. The van der Waals surface area contributed by atoms with E-state index in [-0.39, 0.29) is 5.91 Å². The molecule has 0 saturated heterocycles. The van der Waals surface area contributed by atoms with E-state index < -0.39 is 0 Å². The summed E-state index contributed by atoms with van der Waals surface area (Å²) in [6, 6.07) is 13.5. The minimum atomic E-state index is -0.0257. The highest BCUT2D eigenvalue weighted by molar-refractivity contribution is 5.93. The average molecular weight is 356 g/mol. The number of benzene rings is 2. The maximum atomic E-state index is 12.2. The van der Waals surface area contributed by atoms with Crippen LogP contribution in [0, 0.1) is 13.8 Å². The van der Waals surface area contributed by atoms with Crippen LogP contribution in [0.3, 0.4) is 0 Å². The number of ether oxygens (including phenoxy) is 2. The normalized spacial score (nSPS) is 10.7. The molecule has 5 heteroatoms. The number of carbonyl (C=O) groups excluding carboxylic acids is 1. The van der Waals surface area contributed by atoms with E-state index in [1.54, 1.807) is 0 Å². The molecule has 0 aromatic heterocycles. The van der Waals surface area contributed by atoms with Crippen molar-refractivity contribution >= 4 is 11.6 Å². The SMILES string of the molecule is CCOc1ccc(OCCN(C)CC(=O)Nc2cccc(C)c2C)cc1. The highest BCUT2D eigenvalue weighted by atomic mass is 16.5. The number of anilines is 1. The Morgan fingerprint density at radius 3 is 2.35 bits per heavy atom. The Kier molecular flexibility index (Phi) is 7.48. The van der Waals surface area contributed by atoms with Crippen molar-refractivity contribution in [3.8, 4) is 11.5 Å². The van der Waals surface area contributed by atoms with Gasteiger partial charge in [-0.3, -0.25) is 9.69 Å². The van der Waals surface area contributed by atoms with Gasteiger partial charge in [0.15, 0.2) is 0 Å². The minimum absolute atomic E-state index is 0.0257. The zero-order valence-electron chi connectivity index (χ0n) is 16.0. The van der Waals surface area contributed by atoms with Gasteiger partial charge in [-0.05, 0) is 69.3 Å². The van der Waals surface area contributed by atoms with E-state index in [2.05, 4.69) is 5.32 Å². The lowest BCUT2D eigenvalue weighted by Gasteiger charge is -2.17. The van der Waals surface area contributed by atoms with Crippen molar-refractivity contribution in [1.82, 2.24) is 4.90 Å². The smallest absolute Gasteiger partial charge is 0.238 e. The van der Waals surface area contributed by atoms with E-state index in [1.165, 1.54) is 5.56 Å². The Balaban J connectivity index is 1.73. The van der Waals surface area contributed by atoms with Gasteiger partial charge in [0.05, 0.1) is 13.2 Å². The van der Waals surface area contributed by atoms with Gasteiger partial charge in [0.1, 0.15) is 18.1 Å². The van der Waals surface area contributed by atoms with Gasteiger partial charge in [0.2, 0.25) is 5.91 Å². The van der Waals surface area contributed by atoms with Gasteiger partial charge in [0.25, 0.3) is 0 Å². The topological polar surface area (TPSA) is 50.8 Å². The predicted molar refractivity (Wildman–Crippen MR) is 105 cm³/mol. The van der Waals surface area contributed by atoms with Crippen LogP contribution in [0.1, 0.15) is 18.1 Å². The van der Waals surface area contributed by atoms with Crippen molar-refractivity contribution in [1.29, 1.82) is 0 Å². The number of nitrogens with one attached hydrogen (secondary N) is 1. The van der Waals surface area contributed by atoms with Gasteiger partial charge < -0.3 is 14.8 Å². The van der Waals surface area contributed by atoms with Crippen LogP contribution in [-0.2, 0) is 4.79 Å². The van der Waals surface area contributed by atoms with Crippen LogP contribution < -0.4 is 14.8 Å². The van der Waals surface area contributed by atoms with Crippen molar-refractivity contribution in [2.75, 3.05) is 38.7 Å². The molecule has 0 aliphatic carbocycles. The summed E-state index contributed by atoms with van der Waals surface area (Å²) in [4.78, 5) is 14.2. The summed E-state index contributed by atoms with van der Waals surface area (Å²) in [6.07, 6.45) is 0. The van der Waals surface area contributed by atoms with E-state index in [0.29, 0.717) is 26.3 Å². The molecule has 0 fully saturated rings. The number of rotatable bonds is 9. The molecule has 0 radical (unpaired) electrons. The average Bonchev–Trinajstić information content (AvgIpc) is 2.60. The van der Waals surface area contributed by atoms with E-state index >= 15 is 0 Å². The van der Waals surface area contributed by atoms with Crippen molar-refractivity contribution in [3.05, 3.63) is 53.6 Å². The van der Waals surface area contributed by atoms with Crippen LogP contribution in [-0.4, -0.2) is 44.2 Å². The highest BCUT2D eigenvalue weighted by Crippen LogP contribution is 2.18. The molecule has 5 nitrogen and oxygen atoms in total. The molecule has 0 saturated carbocycles. The maximum absolute atomic E-state index is 12.2. The summed E-state index contributed by atoms with van der Waals surface area (Å²) in [5.41, 5.74) is 3.14.